The van der Waals surface area contributed by atoms with Gasteiger partial charge in [0.2, 0.25) is 5.16 Å². The van der Waals surface area contributed by atoms with Gasteiger partial charge in [-0.15, -0.1) is 5.10 Å². The number of nitrogens with zero attached hydrogens (tertiary/aromatic N) is 4. The smallest absolute Gasteiger partial charge is 0.319 e. The largest absolute Gasteiger partial charge is 0.457 e. The molecule has 1 aliphatic heterocycles. The highest BCUT2D eigenvalue weighted by molar-refractivity contribution is 7.99. The number of amides is 2. The van der Waals surface area contributed by atoms with Crippen LogP contribution in [0.4, 0.5) is 10.5 Å². The number of thioether (sulfide) groups is 1. The van der Waals surface area contributed by atoms with Crippen molar-refractivity contribution in [3.63, 3.8) is 0 Å². The number of para-hydroxylation sites is 1. The number of hydrogen-bond donors (Lipinski definition) is 3. The fourth-order valence-corrected chi connectivity index (χ4v) is 6.76. The molecule has 0 spiro atoms. The topological polar surface area (TPSA) is 133 Å². The second-order valence-corrected chi connectivity index (χ2v) is 13.3. The van der Waals surface area contributed by atoms with Gasteiger partial charge in [-0.05, 0) is 74.6 Å². The van der Waals surface area contributed by atoms with Gasteiger partial charge in [-0.25, -0.2) is 9.48 Å². The Morgan fingerprint density at radius 2 is 1.58 bits per heavy atom. The highest BCUT2D eigenvalue weighted by Crippen LogP contribution is 2.40. The molecule has 0 unspecified atom stereocenters. The summed E-state index contributed by atoms with van der Waals surface area (Å²) in [6.45, 7) is 0.326. The molecule has 1 aliphatic rings. The summed E-state index contributed by atoms with van der Waals surface area (Å²) >= 11 is 1.54. The Labute approximate surface area is 305 Å². The maximum Gasteiger partial charge on any atom is 0.319 e. The maximum absolute atomic E-state index is 12.8. The Morgan fingerprint density at radius 3 is 2.31 bits per heavy atom. The van der Waals surface area contributed by atoms with Gasteiger partial charge in [-0.3, -0.25) is 0 Å². The number of nitrogens with one attached hydrogen (secondary N) is 2. The lowest BCUT2D eigenvalue weighted by Crippen LogP contribution is -2.31. The van der Waals surface area contributed by atoms with Crippen molar-refractivity contribution in [3.8, 4) is 22.6 Å². The summed E-state index contributed by atoms with van der Waals surface area (Å²) in [6.07, 6.45) is -0.255. The summed E-state index contributed by atoms with van der Waals surface area (Å²) in [6, 6.07) is 40.5. The van der Waals surface area contributed by atoms with Crippen molar-refractivity contribution < 1.29 is 24.1 Å². The zero-order valence-corrected chi connectivity index (χ0v) is 29.3. The predicted molar refractivity (Wildman–Crippen MR) is 199 cm³/mol. The van der Waals surface area contributed by atoms with Gasteiger partial charge in [0.1, 0.15) is 11.5 Å². The summed E-state index contributed by atoms with van der Waals surface area (Å²) in [4.78, 5) is 12.8. The van der Waals surface area contributed by atoms with Gasteiger partial charge < -0.3 is 30.0 Å². The highest BCUT2D eigenvalue weighted by atomic mass is 32.2. The molecule has 11 nitrogen and oxygen atoms in total. The first kappa shape index (κ1) is 34.9. The van der Waals surface area contributed by atoms with Crippen LogP contribution in [0.15, 0.2) is 133 Å². The SMILES string of the molecule is Cn1nnnc1SC[C@H]1C[C@@H](c2ccc(CO)cc2)O[C@@H](c2ccc(-c3ccccc3CNC(=O)Nc3ccc(Oc4ccccc4)cc3)cc2)O1. The third-order valence-electron chi connectivity index (χ3n) is 8.64. The number of ether oxygens (including phenoxy) is 3. The molecule has 2 amide bonds. The second kappa shape index (κ2) is 16.7. The molecule has 1 saturated heterocycles. The van der Waals surface area contributed by atoms with Gasteiger partial charge in [0.15, 0.2) is 6.29 Å². The average molecular weight is 715 g/mol. The Balaban J connectivity index is 0.999. The number of benzene rings is 5. The van der Waals surface area contributed by atoms with E-state index < -0.39 is 6.29 Å². The molecule has 0 radical (unpaired) electrons. The van der Waals surface area contributed by atoms with Gasteiger partial charge in [0.05, 0.1) is 18.8 Å². The summed E-state index contributed by atoms with van der Waals surface area (Å²) in [7, 11) is 1.81. The normalized spacial score (nSPS) is 17.0. The number of tetrazole rings is 1. The van der Waals surface area contributed by atoms with Gasteiger partial charge in [0.25, 0.3) is 0 Å². The quantitative estimate of drug-likeness (QED) is 0.109. The molecule has 3 N–H and O–H groups in total. The van der Waals surface area contributed by atoms with Crippen LogP contribution < -0.4 is 15.4 Å². The van der Waals surface area contributed by atoms with E-state index in [2.05, 4.69) is 38.3 Å². The summed E-state index contributed by atoms with van der Waals surface area (Å²) in [5.41, 5.74) is 6.41. The van der Waals surface area contributed by atoms with Crippen molar-refractivity contribution in [2.45, 2.75) is 43.2 Å². The van der Waals surface area contributed by atoms with Gasteiger partial charge in [0, 0.05) is 37.0 Å². The molecule has 0 bridgehead atoms. The number of aryl methyl sites for hydroxylation is 1. The van der Waals surface area contributed by atoms with Crippen LogP contribution in [0.25, 0.3) is 11.1 Å². The van der Waals surface area contributed by atoms with E-state index in [0.717, 1.165) is 39.1 Å². The summed E-state index contributed by atoms with van der Waals surface area (Å²) < 4.78 is 20.5. The van der Waals surface area contributed by atoms with Gasteiger partial charge in [-0.1, -0.05) is 103 Å². The van der Waals surface area contributed by atoms with Crippen LogP contribution in [0.5, 0.6) is 11.5 Å². The van der Waals surface area contributed by atoms with Crippen molar-refractivity contribution >= 4 is 23.5 Å². The van der Waals surface area contributed by atoms with E-state index in [1.165, 1.54) is 0 Å². The van der Waals surface area contributed by atoms with E-state index in [1.54, 1.807) is 28.6 Å². The van der Waals surface area contributed by atoms with Crippen LogP contribution in [-0.4, -0.2) is 43.2 Å². The predicted octanol–water partition coefficient (Wildman–Crippen LogP) is 7.82. The molecular weight excluding hydrogens is 677 g/mol. The Bertz CT molecular complexity index is 2060. The summed E-state index contributed by atoms with van der Waals surface area (Å²) in [5.74, 6) is 2.08. The Morgan fingerprint density at radius 1 is 0.865 bits per heavy atom. The van der Waals surface area contributed by atoms with Crippen LogP contribution in [0, 0.1) is 0 Å². The summed E-state index contributed by atoms with van der Waals surface area (Å²) in [5, 5.41) is 27.9. The minimum absolute atomic E-state index is 0.0121. The minimum Gasteiger partial charge on any atom is -0.457 e. The van der Waals surface area contributed by atoms with Gasteiger partial charge in [-0.2, -0.15) is 0 Å². The average Bonchev–Trinajstić information content (AvgIpc) is 3.61. The lowest BCUT2D eigenvalue weighted by Gasteiger charge is -2.36. The lowest BCUT2D eigenvalue weighted by atomic mass is 9.98. The lowest BCUT2D eigenvalue weighted by molar-refractivity contribution is -0.245. The molecule has 2 heterocycles. The molecule has 0 aliphatic carbocycles. The first-order chi connectivity index (χ1) is 25.5. The zero-order valence-electron chi connectivity index (χ0n) is 28.5. The van der Waals surface area contributed by atoms with Crippen LogP contribution in [0.2, 0.25) is 0 Å². The Kier molecular flexibility index (Phi) is 11.2. The number of anilines is 1. The number of carbonyl (C=O) groups is 1. The third-order valence-corrected chi connectivity index (χ3v) is 9.78. The molecule has 52 heavy (non-hydrogen) atoms. The molecule has 7 rings (SSSR count). The van der Waals surface area contributed by atoms with Crippen molar-refractivity contribution in [3.05, 3.63) is 150 Å². The highest BCUT2D eigenvalue weighted by Gasteiger charge is 2.32. The van der Waals surface area contributed by atoms with Crippen LogP contribution in [0.1, 0.15) is 41.1 Å². The van der Waals surface area contributed by atoms with Crippen LogP contribution in [0.3, 0.4) is 0 Å². The Hall–Kier alpha value is -5.53. The minimum atomic E-state index is -0.590. The standard InChI is InChI=1S/C40H38N6O5S/c1-46-40(43-44-45-46)52-26-35-23-37(29-13-11-27(25-47)12-14-29)51-38(50-35)30-17-15-28(16-18-30)36-10-6-5-7-31(36)24-41-39(48)42-32-19-21-34(22-20-32)49-33-8-3-2-4-9-33/h2-22,35,37-38,47H,23-26H2,1H3,(H2,41,42,48)/t35-,37+,38+/m1/s1. The third kappa shape index (κ3) is 8.85. The fourth-order valence-electron chi connectivity index (χ4n) is 5.89. The zero-order chi connectivity index (χ0) is 35.7. The van der Waals surface area contributed by atoms with Crippen LogP contribution >= 0.6 is 11.8 Å². The van der Waals surface area contributed by atoms with E-state index >= 15 is 0 Å². The van der Waals surface area contributed by atoms with Crippen molar-refractivity contribution in [1.82, 2.24) is 25.5 Å². The number of aliphatic hydroxyl groups is 1. The van der Waals surface area contributed by atoms with E-state index in [0.29, 0.717) is 35.3 Å². The van der Waals surface area contributed by atoms with Crippen molar-refractivity contribution in [2.24, 2.45) is 7.05 Å². The number of hydrogen-bond acceptors (Lipinski definition) is 9. The molecule has 264 valence electrons. The van der Waals surface area contributed by atoms with Crippen molar-refractivity contribution in [1.29, 1.82) is 0 Å². The first-order valence-corrected chi connectivity index (χ1v) is 17.9. The molecule has 3 atom stereocenters. The van der Waals surface area contributed by atoms with Gasteiger partial charge >= 0.3 is 6.03 Å². The van der Waals surface area contributed by atoms with Crippen LogP contribution in [-0.2, 0) is 29.7 Å². The van der Waals surface area contributed by atoms with E-state index in [4.69, 9.17) is 14.2 Å². The molecule has 6 aromatic rings. The monoisotopic (exact) mass is 714 g/mol. The fraction of sp³-hybridized carbons (Fsp3) is 0.200. The molecular formula is C40H38N6O5S. The first-order valence-electron chi connectivity index (χ1n) is 16.9. The number of aromatic nitrogens is 4. The van der Waals surface area contributed by atoms with E-state index in [1.807, 2.05) is 110 Å². The number of carbonyl (C=O) groups excluding carboxylic acids is 1. The maximum atomic E-state index is 12.8. The molecule has 1 fully saturated rings. The van der Waals surface area contributed by atoms with Crippen molar-refractivity contribution in [2.75, 3.05) is 11.1 Å². The number of aliphatic hydroxyl groups excluding tert-OH is 1. The molecule has 5 aromatic carbocycles. The molecule has 12 heteroatoms. The van der Waals surface area contributed by atoms with E-state index in [-0.39, 0.29) is 24.8 Å². The second-order valence-electron chi connectivity index (χ2n) is 12.3. The number of rotatable bonds is 12. The molecule has 1 aromatic heterocycles. The van der Waals surface area contributed by atoms with E-state index in [9.17, 15) is 9.90 Å². The number of urea groups is 1. The molecule has 0 saturated carbocycles.